The molecular weight excluding hydrogens is 364 g/mol. The fourth-order valence-corrected chi connectivity index (χ4v) is 3.27. The predicted octanol–water partition coefficient (Wildman–Crippen LogP) is 6.24. The van der Waals surface area contributed by atoms with E-state index in [9.17, 15) is 4.79 Å². The van der Waals surface area contributed by atoms with Crippen LogP contribution >= 0.6 is 46.4 Å². The molecule has 6 heteroatoms. The summed E-state index contributed by atoms with van der Waals surface area (Å²) in [6.45, 7) is 0. The summed E-state index contributed by atoms with van der Waals surface area (Å²) >= 11 is 23.9. The molecule has 0 saturated carbocycles. The van der Waals surface area contributed by atoms with Crippen LogP contribution in [0.1, 0.15) is 10.4 Å². The maximum atomic E-state index is 11.4. The molecule has 22 heavy (non-hydrogen) atoms. The Morgan fingerprint density at radius 1 is 1.00 bits per heavy atom. The van der Waals surface area contributed by atoms with Gasteiger partial charge in [0.15, 0.2) is 0 Å². The highest BCUT2D eigenvalue weighted by Gasteiger charge is 2.15. The molecule has 0 spiro atoms. The Hall–Kier alpha value is -1.32. The predicted molar refractivity (Wildman–Crippen MR) is 92.4 cm³/mol. The van der Waals surface area contributed by atoms with Crippen molar-refractivity contribution < 1.29 is 4.79 Å². The second kappa shape index (κ2) is 6.05. The fraction of sp³-hybridized carbons (Fsp3) is 0. The number of hydrogen-bond acceptors (Lipinski definition) is 2. The van der Waals surface area contributed by atoms with Gasteiger partial charge in [0.25, 0.3) is 5.24 Å². The standard InChI is InChI=1S/C16H7Cl4NO/c17-9-4-8(5-10(18)6-9)11-2-1-3-12-14(19)13(16(20)22)7-21-15(11)12/h1-7H. The third kappa shape index (κ3) is 2.80. The van der Waals surface area contributed by atoms with Crippen LogP contribution in [0, 0.1) is 0 Å². The van der Waals surface area contributed by atoms with Crippen molar-refractivity contribution in [1.82, 2.24) is 4.98 Å². The molecule has 0 amide bonds. The molecule has 0 aliphatic heterocycles. The van der Waals surface area contributed by atoms with Crippen LogP contribution < -0.4 is 0 Å². The van der Waals surface area contributed by atoms with E-state index in [-0.39, 0.29) is 10.6 Å². The molecule has 0 saturated heterocycles. The minimum atomic E-state index is -0.643. The summed E-state index contributed by atoms with van der Waals surface area (Å²) in [5.74, 6) is 0. The summed E-state index contributed by atoms with van der Waals surface area (Å²) in [5.41, 5.74) is 2.46. The van der Waals surface area contributed by atoms with E-state index in [0.717, 1.165) is 11.1 Å². The van der Waals surface area contributed by atoms with Gasteiger partial charge in [-0.1, -0.05) is 53.0 Å². The van der Waals surface area contributed by atoms with Gasteiger partial charge in [0.2, 0.25) is 0 Å². The average molecular weight is 371 g/mol. The number of carbonyl (C=O) groups is 1. The molecule has 0 fully saturated rings. The Morgan fingerprint density at radius 3 is 2.32 bits per heavy atom. The van der Waals surface area contributed by atoms with E-state index in [1.54, 1.807) is 24.3 Å². The molecule has 2 aromatic carbocycles. The summed E-state index contributed by atoms with van der Waals surface area (Å²) < 4.78 is 0. The number of para-hydroxylation sites is 1. The van der Waals surface area contributed by atoms with Crippen LogP contribution in [-0.4, -0.2) is 10.2 Å². The first-order chi connectivity index (χ1) is 10.5. The third-order valence-corrected chi connectivity index (χ3v) is 4.26. The number of nitrogens with zero attached hydrogens (tertiary/aromatic N) is 1. The lowest BCUT2D eigenvalue weighted by atomic mass is 10.0. The van der Waals surface area contributed by atoms with Crippen molar-refractivity contribution >= 4 is 62.5 Å². The molecule has 2 nitrogen and oxygen atoms in total. The quantitative estimate of drug-likeness (QED) is 0.499. The number of pyridine rings is 1. The molecular formula is C16H7Cl4NO. The van der Waals surface area contributed by atoms with Gasteiger partial charge in [-0.15, -0.1) is 0 Å². The number of aromatic nitrogens is 1. The number of rotatable bonds is 2. The summed E-state index contributed by atoms with van der Waals surface area (Å²) in [5, 5.41) is 1.33. The lowest BCUT2D eigenvalue weighted by Gasteiger charge is -2.09. The molecule has 0 radical (unpaired) electrons. The van der Waals surface area contributed by atoms with Crippen molar-refractivity contribution in [3.05, 3.63) is 63.2 Å². The minimum Gasteiger partial charge on any atom is -0.275 e. The van der Waals surface area contributed by atoms with Crippen LogP contribution in [0.5, 0.6) is 0 Å². The van der Waals surface area contributed by atoms with E-state index in [0.29, 0.717) is 20.9 Å². The van der Waals surface area contributed by atoms with Gasteiger partial charge in [0.05, 0.1) is 16.1 Å². The monoisotopic (exact) mass is 369 g/mol. The van der Waals surface area contributed by atoms with Crippen LogP contribution in [0.3, 0.4) is 0 Å². The van der Waals surface area contributed by atoms with Gasteiger partial charge in [-0.25, -0.2) is 0 Å². The summed E-state index contributed by atoms with van der Waals surface area (Å²) in [6.07, 6.45) is 1.37. The maximum Gasteiger partial charge on any atom is 0.255 e. The van der Waals surface area contributed by atoms with E-state index in [4.69, 9.17) is 46.4 Å². The number of fused-ring (bicyclic) bond motifs is 1. The second-order valence-electron chi connectivity index (χ2n) is 4.62. The number of benzene rings is 2. The van der Waals surface area contributed by atoms with Gasteiger partial charge < -0.3 is 0 Å². The zero-order valence-electron chi connectivity index (χ0n) is 10.9. The number of hydrogen-bond donors (Lipinski definition) is 0. The Morgan fingerprint density at radius 2 is 1.68 bits per heavy atom. The highest BCUT2D eigenvalue weighted by atomic mass is 35.5. The first-order valence-electron chi connectivity index (χ1n) is 6.21. The molecule has 3 aromatic rings. The van der Waals surface area contributed by atoms with Crippen LogP contribution in [0.2, 0.25) is 15.1 Å². The molecule has 0 unspecified atom stereocenters. The molecule has 0 aliphatic carbocycles. The summed E-state index contributed by atoms with van der Waals surface area (Å²) in [7, 11) is 0. The van der Waals surface area contributed by atoms with Gasteiger partial charge >= 0.3 is 0 Å². The first kappa shape index (κ1) is 15.6. The second-order valence-corrected chi connectivity index (χ2v) is 6.21. The molecule has 0 N–H and O–H groups in total. The first-order valence-corrected chi connectivity index (χ1v) is 7.72. The van der Waals surface area contributed by atoms with Crippen LogP contribution in [0.25, 0.3) is 22.0 Å². The average Bonchev–Trinajstić information content (AvgIpc) is 2.45. The third-order valence-electron chi connectivity index (χ3n) is 3.22. The van der Waals surface area contributed by atoms with Crippen molar-refractivity contribution in [2.24, 2.45) is 0 Å². The van der Waals surface area contributed by atoms with Gasteiger partial charge in [0, 0.05) is 27.2 Å². The lowest BCUT2D eigenvalue weighted by Crippen LogP contribution is -1.95. The molecule has 0 aliphatic rings. The Balaban J connectivity index is 2.32. The van der Waals surface area contributed by atoms with Gasteiger partial charge in [-0.05, 0) is 35.4 Å². The van der Waals surface area contributed by atoms with Crippen molar-refractivity contribution in [3.63, 3.8) is 0 Å². The van der Waals surface area contributed by atoms with Gasteiger partial charge in [0.1, 0.15) is 0 Å². The molecule has 1 aromatic heterocycles. The zero-order chi connectivity index (χ0) is 15.9. The number of carbonyl (C=O) groups excluding carboxylic acids is 1. The molecule has 1 heterocycles. The van der Waals surface area contributed by atoms with E-state index in [2.05, 4.69) is 4.98 Å². The van der Waals surface area contributed by atoms with E-state index in [1.165, 1.54) is 6.20 Å². The Kier molecular flexibility index (Phi) is 4.28. The van der Waals surface area contributed by atoms with E-state index >= 15 is 0 Å². The van der Waals surface area contributed by atoms with Crippen LogP contribution in [0.15, 0.2) is 42.6 Å². The summed E-state index contributed by atoms with van der Waals surface area (Å²) in [6, 6.07) is 10.7. The fourth-order valence-electron chi connectivity index (χ4n) is 2.27. The van der Waals surface area contributed by atoms with Crippen molar-refractivity contribution in [1.29, 1.82) is 0 Å². The largest absolute Gasteiger partial charge is 0.275 e. The highest BCUT2D eigenvalue weighted by molar-refractivity contribution is 6.69. The van der Waals surface area contributed by atoms with Crippen molar-refractivity contribution in [3.8, 4) is 11.1 Å². The topological polar surface area (TPSA) is 30.0 Å². The van der Waals surface area contributed by atoms with Gasteiger partial charge in [-0.2, -0.15) is 0 Å². The molecule has 0 atom stereocenters. The van der Waals surface area contributed by atoms with E-state index in [1.807, 2.05) is 12.1 Å². The zero-order valence-corrected chi connectivity index (χ0v) is 13.9. The highest BCUT2D eigenvalue weighted by Crippen LogP contribution is 2.35. The molecule has 110 valence electrons. The van der Waals surface area contributed by atoms with Crippen LogP contribution in [0.4, 0.5) is 0 Å². The van der Waals surface area contributed by atoms with Crippen molar-refractivity contribution in [2.45, 2.75) is 0 Å². The smallest absolute Gasteiger partial charge is 0.255 e. The maximum absolute atomic E-state index is 11.4. The Labute approximate surface area is 146 Å². The summed E-state index contributed by atoms with van der Waals surface area (Å²) in [4.78, 5) is 15.7. The van der Waals surface area contributed by atoms with E-state index < -0.39 is 5.24 Å². The number of halogens is 4. The SMILES string of the molecule is O=C(Cl)c1cnc2c(-c3cc(Cl)cc(Cl)c3)cccc2c1Cl. The van der Waals surface area contributed by atoms with Crippen molar-refractivity contribution in [2.75, 3.05) is 0 Å². The van der Waals surface area contributed by atoms with Crippen LogP contribution in [-0.2, 0) is 0 Å². The Bertz CT molecular complexity index is 888. The normalized spacial score (nSPS) is 10.9. The minimum absolute atomic E-state index is 0.178. The van der Waals surface area contributed by atoms with Gasteiger partial charge in [-0.3, -0.25) is 9.78 Å². The molecule has 3 rings (SSSR count). The molecule has 0 bridgehead atoms. The lowest BCUT2D eigenvalue weighted by molar-refractivity contribution is 0.108.